The second-order valence-corrected chi connectivity index (χ2v) is 11.5. The summed E-state index contributed by atoms with van der Waals surface area (Å²) in [7, 11) is -3.61. The molecule has 2 aliphatic rings. The summed E-state index contributed by atoms with van der Waals surface area (Å²) in [5.41, 5.74) is 1.35. The molecule has 2 aromatic heterocycles. The van der Waals surface area contributed by atoms with Crippen molar-refractivity contribution >= 4 is 21.5 Å². The number of hydrogen-bond donors (Lipinski definition) is 3. The topological polar surface area (TPSA) is 100 Å². The third-order valence-corrected chi connectivity index (χ3v) is 7.92. The first-order chi connectivity index (χ1) is 15.1. The van der Waals surface area contributed by atoms with E-state index in [1.807, 2.05) is 6.07 Å². The van der Waals surface area contributed by atoms with Crippen molar-refractivity contribution in [2.45, 2.75) is 68.7 Å². The molecule has 9 heteroatoms. The van der Waals surface area contributed by atoms with E-state index < -0.39 is 15.8 Å². The molecule has 5 rings (SSSR count). The average molecular weight is 459 g/mol. The van der Waals surface area contributed by atoms with Crippen molar-refractivity contribution in [3.05, 3.63) is 58.9 Å². The van der Waals surface area contributed by atoms with Gasteiger partial charge in [-0.15, -0.1) is 0 Å². The van der Waals surface area contributed by atoms with Gasteiger partial charge in [-0.25, -0.2) is 17.5 Å². The molecule has 1 aliphatic carbocycles. The average Bonchev–Trinajstić information content (AvgIpc) is 3.49. The van der Waals surface area contributed by atoms with Crippen LogP contribution in [0.5, 0.6) is 0 Å². The number of H-pyrrole nitrogens is 1. The van der Waals surface area contributed by atoms with E-state index in [2.05, 4.69) is 53.1 Å². The highest BCUT2D eigenvalue weighted by Gasteiger charge is 2.32. The van der Waals surface area contributed by atoms with Crippen LogP contribution in [-0.4, -0.2) is 18.6 Å². The van der Waals surface area contributed by atoms with Gasteiger partial charge in [0.2, 0.25) is 10.0 Å². The van der Waals surface area contributed by atoms with Crippen LogP contribution in [0.4, 0.5) is 15.9 Å². The van der Waals surface area contributed by atoms with Crippen molar-refractivity contribution < 1.29 is 17.2 Å². The zero-order valence-electron chi connectivity index (χ0n) is 18.3. The summed E-state index contributed by atoms with van der Waals surface area (Å²) in [5.74, 6) is 2.67. The number of aromatic amines is 1. The normalized spacial score (nSPS) is 22.2. The van der Waals surface area contributed by atoms with Gasteiger partial charge in [-0.2, -0.15) is 5.10 Å². The molecular weight excluding hydrogens is 431 g/mol. The molecule has 0 saturated heterocycles. The Balaban J connectivity index is 1.29. The highest BCUT2D eigenvalue weighted by atomic mass is 32.2. The van der Waals surface area contributed by atoms with E-state index in [0.717, 1.165) is 36.5 Å². The Bertz CT molecular complexity index is 1270. The molecule has 3 aromatic rings. The van der Waals surface area contributed by atoms with Crippen molar-refractivity contribution in [1.29, 1.82) is 0 Å². The quantitative estimate of drug-likeness (QED) is 0.509. The first-order valence-corrected chi connectivity index (χ1v) is 12.3. The zero-order valence-corrected chi connectivity index (χ0v) is 19.1. The number of anilines is 2. The Kier molecular flexibility index (Phi) is 4.94. The molecule has 1 fully saturated rings. The lowest BCUT2D eigenvalue weighted by Gasteiger charge is -2.15. The van der Waals surface area contributed by atoms with Crippen molar-refractivity contribution in [3.8, 4) is 0 Å². The minimum atomic E-state index is -3.61. The summed E-state index contributed by atoms with van der Waals surface area (Å²) in [6.07, 6.45) is 3.04. The van der Waals surface area contributed by atoms with Gasteiger partial charge in [0.05, 0.1) is 10.6 Å². The lowest BCUT2D eigenvalue weighted by Crippen LogP contribution is -2.13. The van der Waals surface area contributed by atoms with Crippen molar-refractivity contribution in [3.63, 3.8) is 0 Å². The van der Waals surface area contributed by atoms with E-state index in [1.54, 1.807) is 0 Å². The number of hydrogen-bond acceptors (Lipinski definition) is 5. The Hall–Kier alpha value is -2.65. The highest BCUT2D eigenvalue weighted by molar-refractivity contribution is 7.89. The van der Waals surface area contributed by atoms with Gasteiger partial charge in [-0.3, -0.25) is 5.10 Å². The van der Waals surface area contributed by atoms with Crippen LogP contribution in [0.3, 0.4) is 0 Å². The lowest BCUT2D eigenvalue weighted by molar-refractivity contribution is 0.369. The molecule has 1 aliphatic heterocycles. The van der Waals surface area contributed by atoms with Gasteiger partial charge >= 0.3 is 0 Å². The summed E-state index contributed by atoms with van der Waals surface area (Å²) in [6.45, 7) is 6.39. The fourth-order valence-electron chi connectivity index (χ4n) is 4.61. The first-order valence-electron chi connectivity index (χ1n) is 10.9. The first kappa shape index (κ1) is 21.2. The molecule has 0 unspecified atom stereocenters. The molecule has 1 saturated carbocycles. The maximum absolute atomic E-state index is 14.8. The molecular formula is C23H27FN4O3S. The largest absolute Gasteiger partial charge is 0.465 e. The predicted octanol–water partition coefficient (Wildman–Crippen LogP) is 5.03. The molecule has 0 bridgehead atoms. The Labute approximate surface area is 186 Å². The van der Waals surface area contributed by atoms with E-state index in [-0.39, 0.29) is 28.1 Å². The van der Waals surface area contributed by atoms with Gasteiger partial charge in [0, 0.05) is 41.1 Å². The number of halogens is 1. The summed E-state index contributed by atoms with van der Waals surface area (Å²) in [6, 6.07) is 8.92. The minimum absolute atomic E-state index is 0.00666. The maximum atomic E-state index is 14.8. The van der Waals surface area contributed by atoms with Crippen molar-refractivity contribution in [2.75, 3.05) is 5.32 Å². The van der Waals surface area contributed by atoms with E-state index in [1.165, 1.54) is 12.1 Å². The van der Waals surface area contributed by atoms with Gasteiger partial charge in [-0.1, -0.05) is 20.8 Å². The van der Waals surface area contributed by atoms with Crippen LogP contribution in [0.2, 0.25) is 0 Å². The van der Waals surface area contributed by atoms with Gasteiger partial charge < -0.3 is 9.73 Å². The number of nitrogens with one attached hydrogen (secondary N) is 3. The van der Waals surface area contributed by atoms with Gasteiger partial charge in [-0.05, 0) is 43.5 Å². The van der Waals surface area contributed by atoms with Crippen LogP contribution in [0.25, 0.3) is 0 Å². The molecule has 7 nitrogen and oxygen atoms in total. The standard InChI is InChI=1S/C23H27FN4O3S/c1-23(2,3)20-9-7-18(31-20)14-5-4-13(10-14)17-11-21(28-27-17)26-16-6-8-19-15(22(16)24)12-25-32(19,29)30/h6-9,11,13-14,25H,4-5,10,12H2,1-3H3,(H2,26,27,28)/t13-,14-/m0/s1. The van der Waals surface area contributed by atoms with Gasteiger partial charge in [0.25, 0.3) is 0 Å². The predicted molar refractivity (Wildman–Crippen MR) is 119 cm³/mol. The number of sulfonamides is 1. The SMILES string of the molecule is CC(C)(C)c1ccc([C@H]2CC[C@H](c3cc(Nc4ccc5c(c4F)CNS5(=O)=O)n[nH]3)C2)o1. The van der Waals surface area contributed by atoms with Crippen LogP contribution in [-0.2, 0) is 22.0 Å². The van der Waals surface area contributed by atoms with E-state index >= 15 is 0 Å². The second kappa shape index (κ2) is 7.45. The summed E-state index contributed by atoms with van der Waals surface area (Å²) in [5, 5.41) is 10.4. The Morgan fingerprint density at radius 2 is 1.94 bits per heavy atom. The summed E-state index contributed by atoms with van der Waals surface area (Å²) in [4.78, 5) is -0.00666. The van der Waals surface area contributed by atoms with E-state index in [9.17, 15) is 12.8 Å². The summed E-state index contributed by atoms with van der Waals surface area (Å²) < 4.78 is 47.1. The van der Waals surface area contributed by atoms with E-state index in [4.69, 9.17) is 4.42 Å². The van der Waals surface area contributed by atoms with Crippen LogP contribution < -0.4 is 10.0 Å². The van der Waals surface area contributed by atoms with Crippen LogP contribution >= 0.6 is 0 Å². The third kappa shape index (κ3) is 3.73. The van der Waals surface area contributed by atoms with Gasteiger partial charge in [0.15, 0.2) is 11.6 Å². The van der Waals surface area contributed by atoms with Crippen LogP contribution in [0.15, 0.2) is 39.6 Å². The van der Waals surface area contributed by atoms with E-state index in [0.29, 0.717) is 17.7 Å². The monoisotopic (exact) mass is 458 g/mol. The smallest absolute Gasteiger partial charge is 0.241 e. The number of aromatic nitrogens is 2. The molecule has 170 valence electrons. The van der Waals surface area contributed by atoms with Crippen molar-refractivity contribution in [1.82, 2.24) is 14.9 Å². The number of furan rings is 1. The molecule has 1 aromatic carbocycles. The molecule has 0 amide bonds. The third-order valence-electron chi connectivity index (χ3n) is 6.43. The van der Waals surface area contributed by atoms with Crippen molar-refractivity contribution in [2.24, 2.45) is 0 Å². The molecule has 0 spiro atoms. The number of benzene rings is 1. The molecule has 32 heavy (non-hydrogen) atoms. The Morgan fingerprint density at radius 3 is 2.69 bits per heavy atom. The zero-order chi connectivity index (χ0) is 22.7. The fraction of sp³-hybridized carbons (Fsp3) is 0.435. The van der Waals surface area contributed by atoms with Crippen LogP contribution in [0, 0.1) is 5.82 Å². The highest BCUT2D eigenvalue weighted by Crippen LogP contribution is 2.44. The molecule has 3 N–H and O–H groups in total. The summed E-state index contributed by atoms with van der Waals surface area (Å²) >= 11 is 0. The Morgan fingerprint density at radius 1 is 1.16 bits per heavy atom. The maximum Gasteiger partial charge on any atom is 0.241 e. The number of nitrogens with zero attached hydrogens (tertiary/aromatic N) is 1. The second-order valence-electron chi connectivity index (χ2n) is 9.72. The molecule has 2 atom stereocenters. The minimum Gasteiger partial charge on any atom is -0.465 e. The van der Waals surface area contributed by atoms with Gasteiger partial charge in [0.1, 0.15) is 11.5 Å². The van der Waals surface area contributed by atoms with Crippen LogP contribution in [0.1, 0.15) is 74.6 Å². The number of rotatable bonds is 4. The fourth-order valence-corrected chi connectivity index (χ4v) is 5.83. The molecule has 3 heterocycles. The molecule has 0 radical (unpaired) electrons. The number of fused-ring (bicyclic) bond motifs is 1. The lowest BCUT2D eigenvalue weighted by atomic mass is 9.94.